The van der Waals surface area contributed by atoms with Crippen molar-refractivity contribution in [2.45, 2.75) is 11.8 Å². The van der Waals surface area contributed by atoms with Crippen LogP contribution in [0.4, 0.5) is 5.69 Å². The summed E-state index contributed by atoms with van der Waals surface area (Å²) in [6.45, 7) is 2.34. The number of piperazine rings is 1. The van der Waals surface area contributed by atoms with Gasteiger partial charge in [0, 0.05) is 45.8 Å². The van der Waals surface area contributed by atoms with E-state index in [1.54, 1.807) is 17.0 Å². The van der Waals surface area contributed by atoms with Crippen molar-refractivity contribution in [1.82, 2.24) is 14.1 Å². The normalized spacial score (nSPS) is 14.5. The van der Waals surface area contributed by atoms with Crippen LogP contribution in [-0.2, 0) is 19.6 Å². The molecule has 0 radical (unpaired) electrons. The van der Waals surface area contributed by atoms with Gasteiger partial charge in [-0.2, -0.15) is 4.31 Å². The highest BCUT2D eigenvalue weighted by molar-refractivity contribution is 7.89. The molecule has 0 spiro atoms. The molecule has 2 aromatic rings. The van der Waals surface area contributed by atoms with E-state index < -0.39 is 10.0 Å². The van der Waals surface area contributed by atoms with E-state index in [1.807, 2.05) is 0 Å². The predicted octanol–water partition coefficient (Wildman–Crippen LogP) is 0.843. The lowest BCUT2D eigenvalue weighted by molar-refractivity contribution is -0.132. The number of likely N-dealkylation sites (N-methyl/N-ethyl adjacent to an activating group) is 1. The summed E-state index contributed by atoms with van der Waals surface area (Å²) in [5, 5.41) is 2.57. The van der Waals surface area contributed by atoms with Crippen LogP contribution in [0.15, 0.2) is 52.0 Å². The van der Waals surface area contributed by atoms with Crippen molar-refractivity contribution in [2.75, 3.05) is 45.1 Å². The summed E-state index contributed by atoms with van der Waals surface area (Å²) in [7, 11) is -2.54. The molecule has 1 saturated heterocycles. The van der Waals surface area contributed by atoms with Crippen molar-refractivity contribution in [1.29, 1.82) is 0 Å². The largest absolute Gasteiger partial charge is 0.459 e. The van der Waals surface area contributed by atoms with Crippen LogP contribution in [0.2, 0.25) is 0 Å². The molecule has 3 rings (SSSR count). The van der Waals surface area contributed by atoms with E-state index in [1.165, 1.54) is 49.4 Å². The third-order valence-electron chi connectivity index (χ3n) is 4.89. The molecule has 11 heteroatoms. The number of nitrogens with one attached hydrogen (secondary N) is 1. The Labute approximate surface area is 180 Å². The lowest BCUT2D eigenvalue weighted by Crippen LogP contribution is -2.52. The molecule has 0 atom stereocenters. The highest BCUT2D eigenvalue weighted by atomic mass is 32.2. The minimum atomic E-state index is -3.88. The van der Waals surface area contributed by atoms with E-state index >= 15 is 0 Å². The molecule has 10 nitrogen and oxygen atoms in total. The molecule has 0 aliphatic carbocycles. The Hall–Kier alpha value is -3.18. The average molecular weight is 449 g/mol. The van der Waals surface area contributed by atoms with Gasteiger partial charge in [-0.25, -0.2) is 8.42 Å². The molecule has 0 bridgehead atoms. The van der Waals surface area contributed by atoms with Gasteiger partial charge < -0.3 is 19.5 Å². The average Bonchev–Trinajstić information content (AvgIpc) is 3.28. The number of anilines is 1. The zero-order chi connectivity index (χ0) is 22.6. The Morgan fingerprint density at radius 3 is 2.19 bits per heavy atom. The summed E-state index contributed by atoms with van der Waals surface area (Å²) in [4.78, 5) is 39.2. The van der Waals surface area contributed by atoms with Crippen molar-refractivity contribution in [3.05, 3.63) is 48.4 Å². The minimum absolute atomic E-state index is 0.0192. The van der Waals surface area contributed by atoms with Crippen LogP contribution in [0, 0.1) is 0 Å². The van der Waals surface area contributed by atoms with Gasteiger partial charge in [0.1, 0.15) is 0 Å². The van der Waals surface area contributed by atoms with Crippen LogP contribution in [0.5, 0.6) is 0 Å². The number of carbonyl (C=O) groups excluding carboxylic acids is 3. The van der Waals surface area contributed by atoms with Crippen LogP contribution in [-0.4, -0.2) is 80.0 Å². The van der Waals surface area contributed by atoms with E-state index in [-0.39, 0.29) is 34.9 Å². The number of rotatable bonds is 6. The molecule has 2 heterocycles. The number of hydrogen-bond acceptors (Lipinski definition) is 6. The van der Waals surface area contributed by atoms with Gasteiger partial charge in [0.15, 0.2) is 5.76 Å². The molecular formula is C20H24N4O6S. The van der Waals surface area contributed by atoms with Crippen molar-refractivity contribution in [3.8, 4) is 0 Å². The van der Waals surface area contributed by atoms with E-state index in [0.717, 1.165) is 4.31 Å². The van der Waals surface area contributed by atoms with Gasteiger partial charge in [-0.15, -0.1) is 0 Å². The molecule has 166 valence electrons. The number of sulfonamides is 1. The molecule has 1 aliphatic rings. The smallest absolute Gasteiger partial charge is 0.289 e. The Balaban J connectivity index is 1.56. The van der Waals surface area contributed by atoms with Gasteiger partial charge in [-0.1, -0.05) is 0 Å². The molecule has 1 aliphatic heterocycles. The van der Waals surface area contributed by atoms with Crippen molar-refractivity contribution < 1.29 is 27.2 Å². The van der Waals surface area contributed by atoms with Crippen molar-refractivity contribution >= 4 is 33.4 Å². The second kappa shape index (κ2) is 9.31. The third kappa shape index (κ3) is 5.30. The van der Waals surface area contributed by atoms with Gasteiger partial charge in [-0.3, -0.25) is 14.4 Å². The van der Waals surface area contributed by atoms with Gasteiger partial charge in [0.05, 0.1) is 17.7 Å². The first-order valence-electron chi connectivity index (χ1n) is 9.63. The number of furan rings is 1. The van der Waals surface area contributed by atoms with Crippen LogP contribution < -0.4 is 5.32 Å². The van der Waals surface area contributed by atoms with Gasteiger partial charge >= 0.3 is 0 Å². The third-order valence-corrected chi connectivity index (χ3v) is 6.71. The lowest BCUT2D eigenvalue weighted by atomic mass is 10.3. The molecule has 0 unspecified atom stereocenters. The topological polar surface area (TPSA) is 120 Å². The number of benzene rings is 1. The van der Waals surface area contributed by atoms with Gasteiger partial charge in [0.2, 0.25) is 21.8 Å². The lowest BCUT2D eigenvalue weighted by Gasteiger charge is -2.35. The van der Waals surface area contributed by atoms with E-state index in [4.69, 9.17) is 4.42 Å². The summed E-state index contributed by atoms with van der Waals surface area (Å²) in [5.41, 5.74) is 0.479. The quantitative estimate of drug-likeness (QED) is 0.699. The number of nitrogens with zero attached hydrogens (tertiary/aromatic N) is 3. The number of carbonyl (C=O) groups is 3. The second-order valence-electron chi connectivity index (χ2n) is 7.12. The summed E-state index contributed by atoms with van der Waals surface area (Å²) in [6.07, 6.45) is 1.43. The molecule has 31 heavy (non-hydrogen) atoms. The highest BCUT2D eigenvalue weighted by Crippen LogP contribution is 2.18. The van der Waals surface area contributed by atoms with Crippen LogP contribution in [0.25, 0.3) is 0 Å². The maximum absolute atomic E-state index is 12.8. The van der Waals surface area contributed by atoms with Crippen molar-refractivity contribution in [3.63, 3.8) is 0 Å². The second-order valence-corrected chi connectivity index (χ2v) is 9.16. The summed E-state index contributed by atoms with van der Waals surface area (Å²) >= 11 is 0. The predicted molar refractivity (Wildman–Crippen MR) is 112 cm³/mol. The molecule has 1 N–H and O–H groups in total. The molecular weight excluding hydrogens is 424 g/mol. The molecule has 1 fully saturated rings. The standard InChI is InChI=1S/C20H24N4O6S/c1-15(25)21-16-5-7-17(8-6-16)31(28,29)22(2)14-19(26)23-9-11-24(12-10-23)20(27)18-4-3-13-30-18/h3-8,13H,9-12,14H2,1-2H3,(H,21,25). The zero-order valence-electron chi connectivity index (χ0n) is 17.3. The van der Waals surface area contributed by atoms with Crippen LogP contribution in [0.1, 0.15) is 17.5 Å². The van der Waals surface area contributed by atoms with Gasteiger partial charge in [0.25, 0.3) is 5.91 Å². The molecule has 1 aromatic carbocycles. The fraction of sp³-hybridized carbons (Fsp3) is 0.350. The SMILES string of the molecule is CC(=O)Nc1ccc(S(=O)(=O)N(C)CC(=O)N2CCN(C(=O)c3ccco3)CC2)cc1. The first kappa shape index (κ1) is 22.5. The maximum atomic E-state index is 12.8. The van der Waals surface area contributed by atoms with Crippen LogP contribution >= 0.6 is 0 Å². The minimum Gasteiger partial charge on any atom is -0.459 e. The monoisotopic (exact) mass is 448 g/mol. The molecule has 3 amide bonds. The Bertz CT molecular complexity index is 1040. The highest BCUT2D eigenvalue weighted by Gasteiger charge is 2.29. The van der Waals surface area contributed by atoms with Gasteiger partial charge in [-0.05, 0) is 36.4 Å². The first-order chi connectivity index (χ1) is 14.7. The fourth-order valence-electron chi connectivity index (χ4n) is 3.18. The van der Waals surface area contributed by atoms with Crippen molar-refractivity contribution in [2.24, 2.45) is 0 Å². The van der Waals surface area contributed by atoms with E-state index in [2.05, 4.69) is 5.32 Å². The maximum Gasteiger partial charge on any atom is 0.289 e. The Kier molecular flexibility index (Phi) is 6.76. The number of hydrogen-bond donors (Lipinski definition) is 1. The van der Waals surface area contributed by atoms with Crippen LogP contribution in [0.3, 0.4) is 0 Å². The molecule has 0 saturated carbocycles. The fourth-order valence-corrected chi connectivity index (χ4v) is 4.30. The Morgan fingerprint density at radius 1 is 1.03 bits per heavy atom. The molecule has 1 aromatic heterocycles. The van der Waals surface area contributed by atoms with E-state index in [0.29, 0.717) is 31.9 Å². The summed E-state index contributed by atoms with van der Waals surface area (Å²) in [5.74, 6) is -0.593. The zero-order valence-corrected chi connectivity index (χ0v) is 18.1. The first-order valence-corrected chi connectivity index (χ1v) is 11.1. The summed E-state index contributed by atoms with van der Waals surface area (Å²) in [6, 6.07) is 8.94. The number of amides is 3. The summed E-state index contributed by atoms with van der Waals surface area (Å²) < 4.78 is 31.6. The Morgan fingerprint density at radius 2 is 1.65 bits per heavy atom. The van der Waals surface area contributed by atoms with E-state index in [9.17, 15) is 22.8 Å².